The van der Waals surface area contributed by atoms with Gasteiger partial charge >= 0.3 is 0 Å². The third kappa shape index (κ3) is 5.83. The summed E-state index contributed by atoms with van der Waals surface area (Å²) in [5, 5.41) is 2.63. The quantitative estimate of drug-likeness (QED) is 0.337. The van der Waals surface area contributed by atoms with Crippen molar-refractivity contribution in [2.45, 2.75) is 44.9 Å². The summed E-state index contributed by atoms with van der Waals surface area (Å²) in [5.41, 5.74) is 8.16. The molecule has 1 heterocycles. The molecule has 0 unspecified atom stereocenters. The third-order valence-corrected chi connectivity index (χ3v) is 5.73. The Morgan fingerprint density at radius 1 is 0.969 bits per heavy atom. The molecule has 4 aromatic rings. The van der Waals surface area contributed by atoms with Gasteiger partial charge in [0.25, 0.3) is 5.91 Å². The fraction of sp³-hybridized carbons (Fsp3) is 0.259. The second kappa shape index (κ2) is 10.7. The van der Waals surface area contributed by atoms with Crippen molar-refractivity contribution in [3.63, 3.8) is 0 Å². The predicted molar refractivity (Wildman–Crippen MR) is 127 cm³/mol. The zero-order valence-corrected chi connectivity index (χ0v) is 18.2. The molecule has 0 radical (unpaired) electrons. The Balaban J connectivity index is 1.35. The molecule has 164 valence electrons. The third-order valence-electron chi connectivity index (χ3n) is 5.73. The molecule has 1 amide bonds. The number of fused-ring (bicyclic) bond motifs is 1. The van der Waals surface area contributed by atoms with E-state index in [2.05, 4.69) is 59.6 Å². The van der Waals surface area contributed by atoms with Crippen LogP contribution in [0.25, 0.3) is 10.8 Å². The number of aryl methyl sites for hydroxylation is 1. The van der Waals surface area contributed by atoms with E-state index < -0.39 is 5.91 Å². The van der Waals surface area contributed by atoms with Gasteiger partial charge in [-0.25, -0.2) is 4.98 Å². The number of nitrogens with zero attached hydrogens (tertiary/aromatic N) is 2. The molecule has 0 aliphatic carbocycles. The number of hydrogen-bond donors (Lipinski definition) is 1. The van der Waals surface area contributed by atoms with E-state index in [1.165, 1.54) is 16.3 Å². The highest BCUT2D eigenvalue weighted by Gasteiger charge is 2.13. The number of primary amides is 1. The molecule has 0 saturated heterocycles. The summed E-state index contributed by atoms with van der Waals surface area (Å²) in [6.45, 7) is 1.20. The molecule has 3 aromatic carbocycles. The molecule has 5 heteroatoms. The molecule has 0 bridgehead atoms. The number of nitrogens with two attached hydrogens (primary N) is 1. The van der Waals surface area contributed by atoms with Crippen molar-refractivity contribution < 1.29 is 9.53 Å². The van der Waals surface area contributed by atoms with Crippen LogP contribution in [0.3, 0.4) is 0 Å². The summed E-state index contributed by atoms with van der Waals surface area (Å²) < 4.78 is 8.15. The summed E-state index contributed by atoms with van der Waals surface area (Å²) in [4.78, 5) is 15.4. The lowest BCUT2D eigenvalue weighted by atomic mass is 9.99. The number of carbonyl (C=O) groups is 1. The Kier molecular flexibility index (Phi) is 7.31. The lowest BCUT2D eigenvalue weighted by molar-refractivity contribution is 0.0222. The first kappa shape index (κ1) is 21.8. The van der Waals surface area contributed by atoms with Crippen molar-refractivity contribution in [1.29, 1.82) is 0 Å². The lowest BCUT2D eigenvalue weighted by Gasteiger charge is -2.19. The fourth-order valence-corrected chi connectivity index (χ4v) is 4.04. The van der Waals surface area contributed by atoms with Gasteiger partial charge in [0.15, 0.2) is 0 Å². The van der Waals surface area contributed by atoms with E-state index in [1.807, 2.05) is 22.8 Å². The highest BCUT2D eigenvalue weighted by atomic mass is 16.5. The van der Waals surface area contributed by atoms with Crippen LogP contribution in [-0.2, 0) is 24.3 Å². The second-order valence-electron chi connectivity index (χ2n) is 8.12. The normalized spacial score (nSPS) is 12.1. The van der Waals surface area contributed by atoms with Gasteiger partial charge in [-0.2, -0.15) is 0 Å². The van der Waals surface area contributed by atoms with Gasteiger partial charge in [0, 0.05) is 12.7 Å². The topological polar surface area (TPSA) is 70.1 Å². The molecule has 5 nitrogen and oxygen atoms in total. The Morgan fingerprint density at radius 3 is 2.56 bits per heavy atom. The molecule has 0 aliphatic rings. The molecule has 1 atom stereocenters. The molecule has 0 aliphatic heterocycles. The van der Waals surface area contributed by atoms with E-state index in [0.717, 1.165) is 31.2 Å². The number of unbranched alkanes of at least 4 members (excludes halogenated alkanes) is 1. The van der Waals surface area contributed by atoms with Gasteiger partial charge in [0.1, 0.15) is 5.69 Å². The fourth-order valence-electron chi connectivity index (χ4n) is 4.04. The van der Waals surface area contributed by atoms with Gasteiger partial charge in [-0.1, -0.05) is 79.2 Å². The molecular weight excluding hydrogens is 398 g/mol. The van der Waals surface area contributed by atoms with Crippen molar-refractivity contribution in [2.75, 3.05) is 0 Å². The number of carbonyl (C=O) groups excluding carboxylic acids is 1. The average molecular weight is 428 g/mol. The van der Waals surface area contributed by atoms with Gasteiger partial charge in [0.2, 0.25) is 0 Å². The number of amides is 1. The highest BCUT2D eigenvalue weighted by Crippen LogP contribution is 2.21. The van der Waals surface area contributed by atoms with Crippen molar-refractivity contribution in [2.24, 2.45) is 5.73 Å². The van der Waals surface area contributed by atoms with Crippen LogP contribution < -0.4 is 5.73 Å². The molecule has 4 rings (SSSR count). The Morgan fingerprint density at radius 2 is 1.75 bits per heavy atom. The van der Waals surface area contributed by atoms with Crippen LogP contribution in [-0.4, -0.2) is 21.6 Å². The zero-order valence-electron chi connectivity index (χ0n) is 18.2. The number of imidazole rings is 1. The van der Waals surface area contributed by atoms with E-state index in [0.29, 0.717) is 13.2 Å². The van der Waals surface area contributed by atoms with Crippen molar-refractivity contribution in [3.05, 3.63) is 102 Å². The van der Waals surface area contributed by atoms with E-state index >= 15 is 0 Å². The summed E-state index contributed by atoms with van der Waals surface area (Å²) in [5.74, 6) is -0.513. The van der Waals surface area contributed by atoms with E-state index in [9.17, 15) is 4.79 Å². The van der Waals surface area contributed by atoms with Crippen molar-refractivity contribution in [3.8, 4) is 0 Å². The van der Waals surface area contributed by atoms with Gasteiger partial charge in [-0.15, -0.1) is 0 Å². The average Bonchev–Trinajstić information content (AvgIpc) is 3.30. The van der Waals surface area contributed by atoms with Crippen LogP contribution in [0, 0.1) is 0 Å². The molecule has 1 aromatic heterocycles. The molecule has 0 spiro atoms. The predicted octanol–water partition coefficient (Wildman–Crippen LogP) is 5.13. The van der Waals surface area contributed by atoms with Crippen LogP contribution >= 0.6 is 0 Å². The summed E-state index contributed by atoms with van der Waals surface area (Å²) in [6, 6.07) is 25.3. The molecule has 2 N–H and O–H groups in total. The maximum atomic E-state index is 11.4. The summed E-state index contributed by atoms with van der Waals surface area (Å²) in [6.07, 6.45) is 7.49. The first-order valence-corrected chi connectivity index (χ1v) is 11.1. The second-order valence-corrected chi connectivity index (χ2v) is 8.12. The van der Waals surface area contributed by atoms with Crippen molar-refractivity contribution in [1.82, 2.24) is 9.55 Å². The smallest absolute Gasteiger partial charge is 0.268 e. The van der Waals surface area contributed by atoms with Crippen LogP contribution in [0.2, 0.25) is 0 Å². The minimum atomic E-state index is -0.513. The van der Waals surface area contributed by atoms with Crippen LogP contribution in [0.4, 0.5) is 0 Å². The zero-order chi connectivity index (χ0) is 22.2. The first-order chi connectivity index (χ1) is 15.7. The largest absolute Gasteiger partial charge is 0.372 e. The van der Waals surface area contributed by atoms with Gasteiger partial charge in [0.05, 0.1) is 19.0 Å². The molecule has 0 fully saturated rings. The summed E-state index contributed by atoms with van der Waals surface area (Å²) in [7, 11) is 0. The maximum absolute atomic E-state index is 11.4. The number of aromatic nitrogens is 2. The standard InChI is InChI=1S/C27H29N3O2/c28-27(31)26-18-30(20-29-26)17-24(32-19-21-9-2-1-3-10-21)15-6-4-11-22-13-8-14-23-12-5-7-16-25(22)23/h1-3,5,7-10,12-14,16,18,20,24H,4,6,11,15,17,19H2,(H2,28,31)/t24-/m0/s1. The van der Waals surface area contributed by atoms with E-state index in [-0.39, 0.29) is 11.8 Å². The Labute approximate surface area is 188 Å². The molecular formula is C27H29N3O2. The van der Waals surface area contributed by atoms with E-state index in [1.54, 1.807) is 12.5 Å². The SMILES string of the molecule is NC(=O)c1cn(C[C@H](CCCCc2cccc3ccccc23)OCc2ccccc2)cn1. The molecule has 32 heavy (non-hydrogen) atoms. The van der Waals surface area contributed by atoms with E-state index in [4.69, 9.17) is 10.5 Å². The van der Waals surface area contributed by atoms with Gasteiger partial charge in [-0.3, -0.25) is 4.79 Å². The minimum absolute atomic E-state index is 0.0256. The monoisotopic (exact) mass is 427 g/mol. The number of ether oxygens (including phenoxy) is 1. The number of hydrogen-bond acceptors (Lipinski definition) is 3. The summed E-state index contributed by atoms with van der Waals surface area (Å²) >= 11 is 0. The number of rotatable bonds is 11. The van der Waals surface area contributed by atoms with Crippen LogP contribution in [0.15, 0.2) is 85.3 Å². The molecule has 0 saturated carbocycles. The highest BCUT2D eigenvalue weighted by molar-refractivity contribution is 5.90. The lowest BCUT2D eigenvalue weighted by Crippen LogP contribution is -2.20. The van der Waals surface area contributed by atoms with Crippen LogP contribution in [0.1, 0.15) is 40.9 Å². The van der Waals surface area contributed by atoms with Crippen molar-refractivity contribution >= 4 is 16.7 Å². The Bertz CT molecular complexity index is 1150. The first-order valence-electron chi connectivity index (χ1n) is 11.1. The number of benzene rings is 3. The minimum Gasteiger partial charge on any atom is -0.372 e. The van der Waals surface area contributed by atoms with Crippen LogP contribution in [0.5, 0.6) is 0 Å². The van der Waals surface area contributed by atoms with Gasteiger partial charge in [-0.05, 0) is 41.2 Å². The van der Waals surface area contributed by atoms with Gasteiger partial charge < -0.3 is 15.0 Å². The maximum Gasteiger partial charge on any atom is 0.268 e. The Hall–Kier alpha value is -3.44.